The smallest absolute Gasteiger partial charge is 0.0701 e. The number of benzene rings is 2. The van der Waals surface area contributed by atoms with Crippen molar-refractivity contribution in [3.05, 3.63) is 59.7 Å². The van der Waals surface area contributed by atoms with Crippen molar-refractivity contribution in [2.75, 3.05) is 53.2 Å². The minimum atomic E-state index is 0.317. The highest BCUT2D eigenvalue weighted by atomic mass is 16.5. The van der Waals surface area contributed by atoms with Gasteiger partial charge in [-0.3, -0.25) is 0 Å². The molecule has 0 fully saturated rings. The predicted molar refractivity (Wildman–Crippen MR) is 100 cm³/mol. The second-order valence-corrected chi connectivity index (χ2v) is 6.13. The van der Waals surface area contributed by atoms with Crippen LogP contribution in [0.1, 0.15) is 17.0 Å². The Bertz CT molecular complexity index is 614. The molecule has 2 aromatic rings. The van der Waals surface area contributed by atoms with Gasteiger partial charge in [-0.25, -0.2) is 0 Å². The Morgan fingerprint density at radius 2 is 1.24 bits per heavy atom. The summed E-state index contributed by atoms with van der Waals surface area (Å²) in [5, 5.41) is 3.04. The molecule has 0 heterocycles. The lowest BCUT2D eigenvalue weighted by Crippen LogP contribution is -2.17. The Morgan fingerprint density at radius 3 is 1.84 bits per heavy atom. The maximum Gasteiger partial charge on any atom is 0.0701 e. The predicted octanol–water partition coefficient (Wildman–Crippen LogP) is 3.07. The van der Waals surface area contributed by atoms with Gasteiger partial charge in [-0.1, -0.05) is 48.5 Å². The summed E-state index contributed by atoms with van der Waals surface area (Å²) in [6, 6.07) is 17.2. The lowest BCUT2D eigenvalue weighted by Gasteiger charge is -2.14. The number of nitrogens with one attached hydrogen (secondary N) is 1. The van der Waals surface area contributed by atoms with Crippen LogP contribution >= 0.6 is 0 Å². The summed E-state index contributed by atoms with van der Waals surface area (Å²) in [5.74, 6) is 0.317. The number of hydrogen-bond donors (Lipinski definition) is 1. The van der Waals surface area contributed by atoms with E-state index in [0.29, 0.717) is 39.0 Å². The monoisotopic (exact) mass is 341 g/mol. The van der Waals surface area contributed by atoms with Gasteiger partial charge in [-0.05, 0) is 29.3 Å². The lowest BCUT2D eigenvalue weighted by atomic mass is 9.98. The topological polar surface area (TPSA) is 39.7 Å². The molecule has 0 amide bonds. The van der Waals surface area contributed by atoms with E-state index < -0.39 is 0 Å². The van der Waals surface area contributed by atoms with Gasteiger partial charge in [0, 0.05) is 12.5 Å². The number of hydrogen-bond acceptors (Lipinski definition) is 4. The van der Waals surface area contributed by atoms with E-state index in [1.54, 1.807) is 0 Å². The number of fused-ring (bicyclic) bond motifs is 3. The number of ether oxygens (including phenoxy) is 3. The van der Waals surface area contributed by atoms with Crippen LogP contribution in [-0.4, -0.2) is 53.2 Å². The maximum absolute atomic E-state index is 5.90. The van der Waals surface area contributed by atoms with Crippen LogP contribution in [0.3, 0.4) is 0 Å². The molecular weight excluding hydrogens is 314 g/mol. The second kappa shape index (κ2) is 9.68. The molecule has 0 unspecified atom stereocenters. The molecule has 2 aromatic carbocycles. The minimum absolute atomic E-state index is 0.317. The molecule has 25 heavy (non-hydrogen) atoms. The van der Waals surface area contributed by atoms with Gasteiger partial charge in [0.1, 0.15) is 0 Å². The zero-order valence-electron chi connectivity index (χ0n) is 14.9. The van der Waals surface area contributed by atoms with Crippen LogP contribution in [0.15, 0.2) is 48.5 Å². The molecule has 0 bridgehead atoms. The van der Waals surface area contributed by atoms with E-state index in [1.807, 2.05) is 7.05 Å². The highest BCUT2D eigenvalue weighted by molar-refractivity contribution is 5.78. The molecule has 0 aromatic heterocycles. The van der Waals surface area contributed by atoms with Gasteiger partial charge in [0.2, 0.25) is 0 Å². The zero-order valence-corrected chi connectivity index (χ0v) is 14.9. The van der Waals surface area contributed by atoms with Gasteiger partial charge >= 0.3 is 0 Å². The van der Waals surface area contributed by atoms with E-state index in [2.05, 4.69) is 53.8 Å². The third-order valence-corrected chi connectivity index (χ3v) is 4.49. The average Bonchev–Trinajstić information content (AvgIpc) is 2.97. The first-order valence-corrected chi connectivity index (χ1v) is 8.98. The number of rotatable bonds is 11. The van der Waals surface area contributed by atoms with Crippen molar-refractivity contribution in [3.8, 4) is 11.1 Å². The van der Waals surface area contributed by atoms with Gasteiger partial charge in [0.25, 0.3) is 0 Å². The third kappa shape index (κ3) is 4.67. The van der Waals surface area contributed by atoms with Gasteiger partial charge in [-0.15, -0.1) is 0 Å². The summed E-state index contributed by atoms with van der Waals surface area (Å²) in [5.41, 5.74) is 5.40. The summed E-state index contributed by atoms with van der Waals surface area (Å²) >= 11 is 0. The van der Waals surface area contributed by atoms with Crippen LogP contribution in [0.2, 0.25) is 0 Å². The molecule has 1 aliphatic carbocycles. The van der Waals surface area contributed by atoms with Crippen molar-refractivity contribution in [2.45, 2.75) is 5.92 Å². The molecule has 134 valence electrons. The largest absolute Gasteiger partial charge is 0.378 e. The van der Waals surface area contributed by atoms with E-state index in [0.717, 1.165) is 13.2 Å². The van der Waals surface area contributed by atoms with E-state index in [9.17, 15) is 0 Å². The average molecular weight is 341 g/mol. The summed E-state index contributed by atoms with van der Waals surface area (Å²) in [7, 11) is 1.92. The summed E-state index contributed by atoms with van der Waals surface area (Å²) in [6.45, 7) is 4.73. The van der Waals surface area contributed by atoms with Crippen molar-refractivity contribution in [3.63, 3.8) is 0 Å². The Labute approximate surface area is 150 Å². The van der Waals surface area contributed by atoms with E-state index in [1.165, 1.54) is 22.3 Å². The van der Waals surface area contributed by atoms with Crippen molar-refractivity contribution < 1.29 is 14.2 Å². The minimum Gasteiger partial charge on any atom is -0.378 e. The van der Waals surface area contributed by atoms with Crippen molar-refractivity contribution >= 4 is 0 Å². The Balaban J connectivity index is 1.40. The van der Waals surface area contributed by atoms with Crippen LogP contribution in [0, 0.1) is 0 Å². The first-order chi connectivity index (χ1) is 12.4. The fourth-order valence-electron chi connectivity index (χ4n) is 3.25. The zero-order chi connectivity index (χ0) is 17.3. The fourth-order valence-corrected chi connectivity index (χ4v) is 3.25. The molecule has 0 aliphatic heterocycles. The normalized spacial score (nSPS) is 13.0. The summed E-state index contributed by atoms with van der Waals surface area (Å²) < 4.78 is 16.9. The number of likely N-dealkylation sites (N-methyl/N-ethyl adjacent to an activating group) is 1. The SMILES string of the molecule is CNCCOCCOCCOCC1c2ccccc2-c2ccccc21. The molecule has 1 N–H and O–H groups in total. The molecule has 0 atom stereocenters. The highest BCUT2D eigenvalue weighted by Gasteiger charge is 2.27. The third-order valence-electron chi connectivity index (χ3n) is 4.49. The molecule has 0 saturated heterocycles. The lowest BCUT2D eigenvalue weighted by molar-refractivity contribution is 0.0141. The Morgan fingerprint density at radius 1 is 0.720 bits per heavy atom. The molecule has 0 radical (unpaired) electrons. The quantitative estimate of drug-likeness (QED) is 0.638. The van der Waals surface area contributed by atoms with Crippen LogP contribution in [0.25, 0.3) is 11.1 Å². The summed E-state index contributed by atoms with van der Waals surface area (Å²) in [4.78, 5) is 0. The maximum atomic E-state index is 5.90. The van der Waals surface area contributed by atoms with Gasteiger partial charge in [0.15, 0.2) is 0 Å². The molecular formula is C21H27NO3. The standard InChI is InChI=1S/C21H27NO3/c1-22-10-11-23-12-13-24-14-15-25-16-21-19-8-4-2-6-17(19)18-7-3-5-9-20(18)21/h2-9,21-22H,10-16H2,1H3. The van der Waals surface area contributed by atoms with Crippen LogP contribution in [0.4, 0.5) is 0 Å². The van der Waals surface area contributed by atoms with Crippen molar-refractivity contribution in [1.29, 1.82) is 0 Å². The van der Waals surface area contributed by atoms with E-state index >= 15 is 0 Å². The Kier molecular flexibility index (Phi) is 7.00. The molecule has 4 nitrogen and oxygen atoms in total. The first kappa shape index (κ1) is 18.1. The van der Waals surface area contributed by atoms with E-state index in [4.69, 9.17) is 14.2 Å². The highest BCUT2D eigenvalue weighted by Crippen LogP contribution is 2.44. The first-order valence-electron chi connectivity index (χ1n) is 8.98. The van der Waals surface area contributed by atoms with Crippen molar-refractivity contribution in [2.24, 2.45) is 0 Å². The van der Waals surface area contributed by atoms with Crippen LogP contribution in [0.5, 0.6) is 0 Å². The summed E-state index contributed by atoms with van der Waals surface area (Å²) in [6.07, 6.45) is 0. The van der Waals surface area contributed by atoms with Crippen molar-refractivity contribution in [1.82, 2.24) is 5.32 Å². The molecule has 0 saturated carbocycles. The van der Waals surface area contributed by atoms with Gasteiger partial charge in [-0.2, -0.15) is 0 Å². The Hall–Kier alpha value is -1.72. The van der Waals surface area contributed by atoms with E-state index in [-0.39, 0.29) is 0 Å². The van der Waals surface area contributed by atoms with Crippen LogP contribution < -0.4 is 5.32 Å². The second-order valence-electron chi connectivity index (χ2n) is 6.13. The van der Waals surface area contributed by atoms with Gasteiger partial charge < -0.3 is 19.5 Å². The molecule has 1 aliphatic rings. The molecule has 0 spiro atoms. The van der Waals surface area contributed by atoms with Gasteiger partial charge in [0.05, 0.1) is 39.6 Å². The molecule has 3 rings (SSSR count). The van der Waals surface area contributed by atoms with Crippen LogP contribution in [-0.2, 0) is 14.2 Å². The fraction of sp³-hybridized carbons (Fsp3) is 0.429. The molecule has 4 heteroatoms.